The first kappa shape index (κ1) is 18.6. The van der Waals surface area contributed by atoms with Crippen LogP contribution in [-0.2, 0) is 11.3 Å². The van der Waals surface area contributed by atoms with Gasteiger partial charge in [0.1, 0.15) is 12.4 Å². The van der Waals surface area contributed by atoms with Gasteiger partial charge in [0, 0.05) is 17.4 Å². The van der Waals surface area contributed by atoms with Crippen LogP contribution in [0.4, 0.5) is 0 Å². The molecule has 0 radical (unpaired) electrons. The van der Waals surface area contributed by atoms with Gasteiger partial charge in [-0.1, -0.05) is 25.1 Å². The van der Waals surface area contributed by atoms with Crippen LogP contribution in [0.25, 0.3) is 10.9 Å². The number of hydrogen-bond donors (Lipinski definition) is 0. The molecule has 0 aliphatic carbocycles. The van der Waals surface area contributed by atoms with E-state index in [1.807, 2.05) is 38.1 Å². The summed E-state index contributed by atoms with van der Waals surface area (Å²) in [6.45, 7) is 3.83. The molecular formula is C22H21NO4. The third kappa shape index (κ3) is 3.82. The molecule has 5 nitrogen and oxygen atoms in total. The molecule has 3 aromatic rings. The second-order valence-electron chi connectivity index (χ2n) is 6.16. The molecular weight excluding hydrogens is 342 g/mol. The number of para-hydroxylation sites is 1. The Morgan fingerprint density at radius 3 is 2.41 bits per heavy atom. The van der Waals surface area contributed by atoms with Gasteiger partial charge in [0.25, 0.3) is 0 Å². The Labute approximate surface area is 157 Å². The van der Waals surface area contributed by atoms with E-state index in [2.05, 4.69) is 4.98 Å². The molecule has 0 spiro atoms. The van der Waals surface area contributed by atoms with Crippen LogP contribution in [0.1, 0.15) is 45.3 Å². The number of carbonyl (C=O) groups excluding carboxylic acids is 2. The fraction of sp³-hybridized carbons (Fsp3) is 0.227. The molecule has 0 bridgehead atoms. The quantitative estimate of drug-likeness (QED) is 0.476. The Morgan fingerprint density at radius 1 is 1.04 bits per heavy atom. The molecule has 0 atom stereocenters. The summed E-state index contributed by atoms with van der Waals surface area (Å²) in [4.78, 5) is 28.6. The van der Waals surface area contributed by atoms with Gasteiger partial charge in [-0.25, -0.2) is 9.78 Å². The Kier molecular flexibility index (Phi) is 5.50. The topological polar surface area (TPSA) is 65.5 Å². The van der Waals surface area contributed by atoms with Crippen molar-refractivity contribution >= 4 is 22.7 Å². The first-order valence-corrected chi connectivity index (χ1v) is 8.77. The van der Waals surface area contributed by atoms with Crippen molar-refractivity contribution in [3.63, 3.8) is 0 Å². The fourth-order valence-corrected chi connectivity index (χ4v) is 3.01. The molecule has 0 unspecified atom stereocenters. The van der Waals surface area contributed by atoms with Gasteiger partial charge >= 0.3 is 5.97 Å². The van der Waals surface area contributed by atoms with Crippen molar-refractivity contribution in [3.05, 3.63) is 70.9 Å². The SMILES string of the molecule is CCC(=O)c1ccc(OCc2nc3ccccc3c(C)c2C(=O)OC)cc1. The van der Waals surface area contributed by atoms with Gasteiger partial charge in [-0.05, 0) is 42.8 Å². The van der Waals surface area contributed by atoms with E-state index in [1.165, 1.54) is 7.11 Å². The number of nitrogens with zero attached hydrogens (tertiary/aromatic N) is 1. The minimum Gasteiger partial charge on any atom is -0.487 e. The van der Waals surface area contributed by atoms with E-state index >= 15 is 0 Å². The lowest BCUT2D eigenvalue weighted by Crippen LogP contribution is -2.13. The van der Waals surface area contributed by atoms with E-state index in [-0.39, 0.29) is 12.4 Å². The molecule has 3 rings (SSSR count). The molecule has 0 saturated heterocycles. The molecule has 0 amide bonds. The van der Waals surface area contributed by atoms with Crippen LogP contribution >= 0.6 is 0 Å². The molecule has 0 fully saturated rings. The maximum atomic E-state index is 12.3. The van der Waals surface area contributed by atoms with E-state index in [9.17, 15) is 9.59 Å². The highest BCUT2D eigenvalue weighted by molar-refractivity contribution is 5.98. The van der Waals surface area contributed by atoms with Crippen molar-refractivity contribution in [2.24, 2.45) is 0 Å². The van der Waals surface area contributed by atoms with E-state index < -0.39 is 5.97 Å². The van der Waals surface area contributed by atoms with Crippen LogP contribution in [0.5, 0.6) is 5.75 Å². The number of esters is 1. The van der Waals surface area contributed by atoms with Crippen LogP contribution < -0.4 is 4.74 Å². The number of aromatic nitrogens is 1. The molecule has 2 aromatic carbocycles. The smallest absolute Gasteiger partial charge is 0.340 e. The highest BCUT2D eigenvalue weighted by atomic mass is 16.5. The number of aryl methyl sites for hydroxylation is 1. The third-order valence-electron chi connectivity index (χ3n) is 4.49. The number of hydrogen-bond acceptors (Lipinski definition) is 5. The number of ketones is 1. The van der Waals surface area contributed by atoms with E-state index in [0.29, 0.717) is 29.0 Å². The van der Waals surface area contributed by atoms with Gasteiger partial charge in [0.05, 0.1) is 23.9 Å². The predicted octanol–water partition coefficient (Wildman–Crippen LogP) is 4.50. The van der Waals surface area contributed by atoms with Crippen molar-refractivity contribution in [2.75, 3.05) is 7.11 Å². The van der Waals surface area contributed by atoms with Crippen molar-refractivity contribution in [3.8, 4) is 5.75 Å². The van der Waals surface area contributed by atoms with Gasteiger partial charge in [-0.2, -0.15) is 0 Å². The van der Waals surface area contributed by atoms with Gasteiger partial charge in [0.15, 0.2) is 5.78 Å². The first-order chi connectivity index (χ1) is 13.0. The summed E-state index contributed by atoms with van der Waals surface area (Å²) in [7, 11) is 1.35. The van der Waals surface area contributed by atoms with Gasteiger partial charge in [-0.15, -0.1) is 0 Å². The summed E-state index contributed by atoms with van der Waals surface area (Å²) in [5.74, 6) is 0.251. The van der Waals surface area contributed by atoms with Gasteiger partial charge < -0.3 is 9.47 Å². The summed E-state index contributed by atoms with van der Waals surface area (Å²) >= 11 is 0. The number of rotatable bonds is 6. The number of benzene rings is 2. The first-order valence-electron chi connectivity index (χ1n) is 8.77. The van der Waals surface area contributed by atoms with Crippen LogP contribution in [0.15, 0.2) is 48.5 Å². The van der Waals surface area contributed by atoms with Crippen molar-refractivity contribution in [1.82, 2.24) is 4.98 Å². The Morgan fingerprint density at radius 2 is 1.74 bits per heavy atom. The average Bonchev–Trinajstić information content (AvgIpc) is 2.71. The maximum absolute atomic E-state index is 12.3. The molecule has 0 N–H and O–H groups in total. The minimum absolute atomic E-state index is 0.0846. The average molecular weight is 363 g/mol. The fourth-order valence-electron chi connectivity index (χ4n) is 3.01. The zero-order valence-electron chi connectivity index (χ0n) is 15.6. The Balaban J connectivity index is 1.91. The number of Topliss-reactive ketones (excluding diaryl/α,β-unsaturated/α-hetero) is 1. The van der Waals surface area contributed by atoms with Crippen molar-refractivity contribution < 1.29 is 19.1 Å². The normalized spacial score (nSPS) is 10.6. The van der Waals surface area contributed by atoms with Crippen molar-refractivity contribution in [1.29, 1.82) is 0 Å². The molecule has 1 heterocycles. The molecule has 1 aromatic heterocycles. The van der Waals surface area contributed by atoms with E-state index in [0.717, 1.165) is 16.5 Å². The summed E-state index contributed by atoms with van der Waals surface area (Å²) in [5.41, 5.74) is 3.21. The van der Waals surface area contributed by atoms with E-state index in [1.54, 1.807) is 24.3 Å². The number of ether oxygens (including phenoxy) is 2. The maximum Gasteiger partial charge on any atom is 0.340 e. The molecule has 5 heteroatoms. The zero-order chi connectivity index (χ0) is 19.4. The second kappa shape index (κ2) is 7.99. The Bertz CT molecular complexity index is 993. The number of methoxy groups -OCH3 is 1. The lowest BCUT2D eigenvalue weighted by atomic mass is 10.0. The summed E-state index contributed by atoms with van der Waals surface area (Å²) in [6.07, 6.45) is 0.461. The molecule has 138 valence electrons. The summed E-state index contributed by atoms with van der Waals surface area (Å²) in [5, 5.41) is 0.907. The predicted molar refractivity (Wildman–Crippen MR) is 103 cm³/mol. The molecule has 27 heavy (non-hydrogen) atoms. The van der Waals surface area contributed by atoms with Crippen LogP contribution in [0.2, 0.25) is 0 Å². The minimum atomic E-state index is -0.437. The summed E-state index contributed by atoms with van der Waals surface area (Å²) in [6, 6.07) is 14.6. The molecule has 0 aliphatic rings. The molecule has 0 saturated carbocycles. The number of fused-ring (bicyclic) bond motifs is 1. The largest absolute Gasteiger partial charge is 0.487 e. The van der Waals surface area contributed by atoms with Crippen molar-refractivity contribution in [2.45, 2.75) is 26.9 Å². The van der Waals surface area contributed by atoms with E-state index in [4.69, 9.17) is 9.47 Å². The molecule has 0 aliphatic heterocycles. The zero-order valence-corrected chi connectivity index (χ0v) is 15.6. The van der Waals surface area contributed by atoms with Crippen LogP contribution in [0.3, 0.4) is 0 Å². The lowest BCUT2D eigenvalue weighted by molar-refractivity contribution is 0.0596. The Hall–Kier alpha value is -3.21. The lowest BCUT2D eigenvalue weighted by Gasteiger charge is -2.14. The van der Waals surface area contributed by atoms with Gasteiger partial charge in [0.2, 0.25) is 0 Å². The second-order valence-corrected chi connectivity index (χ2v) is 6.16. The monoisotopic (exact) mass is 363 g/mol. The highest BCUT2D eigenvalue weighted by Crippen LogP contribution is 2.25. The van der Waals surface area contributed by atoms with Gasteiger partial charge in [-0.3, -0.25) is 4.79 Å². The van der Waals surface area contributed by atoms with Crippen LogP contribution in [-0.4, -0.2) is 23.8 Å². The highest BCUT2D eigenvalue weighted by Gasteiger charge is 2.19. The number of pyridine rings is 1. The van der Waals surface area contributed by atoms with Crippen LogP contribution in [0, 0.1) is 6.92 Å². The third-order valence-corrected chi connectivity index (χ3v) is 4.49. The number of carbonyl (C=O) groups is 2. The standard InChI is InChI=1S/C22H21NO4/c1-4-20(24)15-9-11-16(12-10-15)27-13-19-21(22(25)26-3)14(2)17-7-5-6-8-18(17)23-19/h5-12H,4,13H2,1-3H3. The summed E-state index contributed by atoms with van der Waals surface area (Å²) < 4.78 is 10.8.